The van der Waals surface area contributed by atoms with Gasteiger partial charge in [-0.2, -0.15) is 0 Å². The highest BCUT2D eigenvalue weighted by Crippen LogP contribution is 2.38. The van der Waals surface area contributed by atoms with Gasteiger partial charge in [-0.25, -0.2) is 13.6 Å². The zero-order chi connectivity index (χ0) is 21.3. The average molecular weight is 416 g/mol. The number of nitrogens with zero attached hydrogens (tertiary/aromatic N) is 2. The number of piperidine rings is 1. The van der Waals surface area contributed by atoms with Crippen LogP contribution in [0.3, 0.4) is 0 Å². The predicted octanol–water partition coefficient (Wildman–Crippen LogP) is 2.88. The van der Waals surface area contributed by atoms with Crippen molar-refractivity contribution in [2.24, 2.45) is 0 Å². The van der Waals surface area contributed by atoms with Crippen molar-refractivity contribution in [1.82, 2.24) is 9.80 Å². The van der Waals surface area contributed by atoms with Gasteiger partial charge in [0.25, 0.3) is 5.91 Å². The highest BCUT2D eigenvalue weighted by atomic mass is 19.2. The number of benzene rings is 2. The summed E-state index contributed by atoms with van der Waals surface area (Å²) < 4.78 is 32.9. The Morgan fingerprint density at radius 2 is 1.77 bits per heavy atom. The first-order valence-corrected chi connectivity index (χ1v) is 9.81. The van der Waals surface area contributed by atoms with Gasteiger partial charge in [-0.15, -0.1) is 0 Å². The van der Waals surface area contributed by atoms with Crippen LogP contribution in [-0.4, -0.2) is 58.2 Å². The molecule has 0 unspecified atom stereocenters. The number of hydrogen-bond acceptors (Lipinski definition) is 4. The van der Waals surface area contributed by atoms with E-state index in [1.807, 2.05) is 30.3 Å². The molecule has 2 aliphatic heterocycles. The molecule has 2 fully saturated rings. The van der Waals surface area contributed by atoms with E-state index in [9.17, 15) is 23.5 Å². The molecule has 2 saturated heterocycles. The lowest BCUT2D eigenvalue weighted by Gasteiger charge is -2.44. The van der Waals surface area contributed by atoms with Gasteiger partial charge in [0.15, 0.2) is 17.7 Å². The first-order valence-electron chi connectivity index (χ1n) is 9.81. The summed E-state index contributed by atoms with van der Waals surface area (Å²) in [6.45, 7) is 1.84. The first-order chi connectivity index (χ1) is 14.4. The molecule has 30 heavy (non-hydrogen) atoms. The van der Waals surface area contributed by atoms with Gasteiger partial charge in [0.05, 0.1) is 6.61 Å². The topological polar surface area (TPSA) is 70.1 Å². The number of rotatable bonds is 4. The molecule has 2 aliphatic rings. The third-order valence-corrected chi connectivity index (χ3v) is 5.82. The molecule has 2 aromatic carbocycles. The van der Waals surface area contributed by atoms with Crippen LogP contribution in [0.15, 0.2) is 48.5 Å². The fourth-order valence-electron chi connectivity index (χ4n) is 4.23. The molecule has 0 aliphatic carbocycles. The molecule has 1 amide bonds. The molecule has 0 saturated carbocycles. The highest BCUT2D eigenvalue weighted by molar-refractivity contribution is 5.97. The summed E-state index contributed by atoms with van der Waals surface area (Å²) in [7, 11) is 0. The van der Waals surface area contributed by atoms with Crippen molar-refractivity contribution in [1.29, 1.82) is 0 Å². The lowest BCUT2D eigenvalue weighted by Crippen LogP contribution is -2.58. The molecule has 1 atom stereocenters. The standard InChI is InChI=1S/C22H22F2N2O4/c23-17-7-6-16(12-18(17)24)20(27)26-19(21(28)29)14-30-22(26)8-10-25(11-9-22)13-15-4-2-1-3-5-15/h1-7,12,19H,8-11,13-14H2,(H,28,29)/t19-/m1/s1. The Hall–Kier alpha value is -2.84. The third kappa shape index (κ3) is 3.80. The molecule has 1 spiro atoms. The Morgan fingerprint density at radius 1 is 1.07 bits per heavy atom. The predicted molar refractivity (Wildman–Crippen MR) is 104 cm³/mol. The van der Waals surface area contributed by atoms with Crippen LogP contribution in [0.2, 0.25) is 0 Å². The maximum absolute atomic E-state index is 13.7. The Bertz CT molecular complexity index is 945. The number of carbonyl (C=O) groups excluding carboxylic acids is 1. The minimum Gasteiger partial charge on any atom is -0.480 e. The molecular formula is C22H22F2N2O4. The monoisotopic (exact) mass is 416 g/mol. The quantitative estimate of drug-likeness (QED) is 0.830. The average Bonchev–Trinajstić information content (AvgIpc) is 3.11. The maximum atomic E-state index is 13.7. The van der Waals surface area contributed by atoms with Crippen LogP contribution in [-0.2, 0) is 16.1 Å². The van der Waals surface area contributed by atoms with E-state index in [4.69, 9.17) is 4.74 Å². The molecule has 0 bridgehead atoms. The number of aliphatic carboxylic acids is 1. The minimum absolute atomic E-state index is 0.100. The first kappa shape index (κ1) is 20.4. The molecule has 2 heterocycles. The number of ether oxygens (including phenoxy) is 1. The molecule has 2 aromatic rings. The smallest absolute Gasteiger partial charge is 0.328 e. The van der Waals surface area contributed by atoms with Crippen LogP contribution in [0, 0.1) is 11.6 Å². The molecule has 0 radical (unpaired) electrons. The number of likely N-dealkylation sites (tertiary alicyclic amines) is 1. The SMILES string of the molecule is O=C(O)[C@H]1COC2(CCN(Cc3ccccc3)CC2)N1C(=O)c1ccc(F)c(F)c1. The van der Waals surface area contributed by atoms with Crippen molar-refractivity contribution >= 4 is 11.9 Å². The van der Waals surface area contributed by atoms with Gasteiger partial charge in [-0.1, -0.05) is 30.3 Å². The van der Waals surface area contributed by atoms with Gasteiger partial charge in [0.1, 0.15) is 5.72 Å². The van der Waals surface area contributed by atoms with Crippen molar-refractivity contribution in [2.45, 2.75) is 31.2 Å². The fourth-order valence-corrected chi connectivity index (χ4v) is 4.23. The molecule has 158 valence electrons. The Morgan fingerprint density at radius 3 is 2.40 bits per heavy atom. The van der Waals surface area contributed by atoms with Crippen LogP contribution in [0.4, 0.5) is 8.78 Å². The summed E-state index contributed by atoms with van der Waals surface area (Å²) in [6, 6.07) is 11.6. The summed E-state index contributed by atoms with van der Waals surface area (Å²) in [5, 5.41) is 9.62. The van der Waals surface area contributed by atoms with Crippen LogP contribution < -0.4 is 0 Å². The summed E-state index contributed by atoms with van der Waals surface area (Å²) in [5.74, 6) is -4.08. The second kappa shape index (κ2) is 8.12. The molecule has 6 nitrogen and oxygen atoms in total. The molecule has 4 rings (SSSR count). The number of halogens is 2. The zero-order valence-electron chi connectivity index (χ0n) is 16.3. The lowest BCUT2D eigenvalue weighted by molar-refractivity contribution is -0.144. The summed E-state index contributed by atoms with van der Waals surface area (Å²) in [5.41, 5.74) is -0.00581. The molecular weight excluding hydrogens is 394 g/mol. The Kier molecular flexibility index (Phi) is 5.53. The number of carbonyl (C=O) groups is 2. The van der Waals surface area contributed by atoms with Crippen molar-refractivity contribution in [3.63, 3.8) is 0 Å². The van der Waals surface area contributed by atoms with E-state index < -0.39 is 35.3 Å². The van der Waals surface area contributed by atoms with E-state index in [-0.39, 0.29) is 12.2 Å². The Balaban J connectivity index is 1.55. The largest absolute Gasteiger partial charge is 0.480 e. The van der Waals surface area contributed by atoms with Crippen LogP contribution in [0.1, 0.15) is 28.8 Å². The lowest BCUT2D eigenvalue weighted by atomic mass is 9.96. The summed E-state index contributed by atoms with van der Waals surface area (Å²) >= 11 is 0. The summed E-state index contributed by atoms with van der Waals surface area (Å²) in [4.78, 5) is 28.4. The minimum atomic E-state index is -1.19. The molecule has 0 aromatic heterocycles. The van der Waals surface area contributed by atoms with E-state index in [1.54, 1.807) is 0 Å². The maximum Gasteiger partial charge on any atom is 0.328 e. The van der Waals surface area contributed by atoms with Gasteiger partial charge in [0.2, 0.25) is 0 Å². The van der Waals surface area contributed by atoms with E-state index in [0.717, 1.165) is 24.7 Å². The van der Waals surface area contributed by atoms with Crippen LogP contribution in [0.5, 0.6) is 0 Å². The van der Waals surface area contributed by atoms with Gasteiger partial charge in [-0.3, -0.25) is 14.6 Å². The number of amides is 1. The van der Waals surface area contributed by atoms with Crippen molar-refractivity contribution in [2.75, 3.05) is 19.7 Å². The summed E-state index contributed by atoms with van der Waals surface area (Å²) in [6.07, 6.45) is 0.859. The third-order valence-electron chi connectivity index (χ3n) is 5.82. The van der Waals surface area contributed by atoms with Gasteiger partial charge >= 0.3 is 5.97 Å². The van der Waals surface area contributed by atoms with Crippen molar-refractivity contribution < 1.29 is 28.2 Å². The fraction of sp³-hybridized carbons (Fsp3) is 0.364. The van der Waals surface area contributed by atoms with Crippen LogP contribution >= 0.6 is 0 Å². The Labute approximate surface area is 172 Å². The number of carboxylic acid groups (broad SMARTS) is 1. The van der Waals surface area contributed by atoms with E-state index in [1.165, 1.54) is 10.5 Å². The van der Waals surface area contributed by atoms with Gasteiger partial charge in [-0.05, 0) is 23.8 Å². The van der Waals surface area contributed by atoms with Crippen molar-refractivity contribution in [3.8, 4) is 0 Å². The van der Waals surface area contributed by atoms with E-state index in [0.29, 0.717) is 25.9 Å². The second-order valence-corrected chi connectivity index (χ2v) is 7.68. The number of hydrogen-bond donors (Lipinski definition) is 1. The van der Waals surface area contributed by atoms with E-state index in [2.05, 4.69) is 4.90 Å². The normalized spacial score (nSPS) is 21.1. The highest BCUT2D eigenvalue weighted by Gasteiger charge is 2.54. The second-order valence-electron chi connectivity index (χ2n) is 7.68. The number of carboxylic acids is 1. The van der Waals surface area contributed by atoms with E-state index >= 15 is 0 Å². The molecule has 8 heteroatoms. The van der Waals surface area contributed by atoms with Gasteiger partial charge < -0.3 is 9.84 Å². The van der Waals surface area contributed by atoms with Gasteiger partial charge in [0, 0.05) is 38.0 Å². The molecule has 1 N–H and O–H groups in total. The van der Waals surface area contributed by atoms with Crippen molar-refractivity contribution in [3.05, 3.63) is 71.3 Å². The van der Waals surface area contributed by atoms with Crippen LogP contribution in [0.25, 0.3) is 0 Å². The zero-order valence-corrected chi connectivity index (χ0v) is 16.3.